The van der Waals surface area contributed by atoms with Crippen LogP contribution in [-0.2, 0) is 6.54 Å². The maximum absolute atomic E-state index is 4.42. The molecule has 2 heterocycles. The molecule has 4 heteroatoms. The van der Waals surface area contributed by atoms with E-state index in [2.05, 4.69) is 88.1 Å². The monoisotopic (exact) mass is 437 g/mol. The van der Waals surface area contributed by atoms with Crippen LogP contribution in [0.2, 0.25) is 0 Å². The van der Waals surface area contributed by atoms with Crippen LogP contribution in [0, 0.1) is 12.3 Å². The van der Waals surface area contributed by atoms with Crippen LogP contribution in [0.15, 0.2) is 48.3 Å². The molecule has 0 amide bonds. The van der Waals surface area contributed by atoms with Gasteiger partial charge >= 0.3 is 0 Å². The summed E-state index contributed by atoms with van der Waals surface area (Å²) >= 11 is 1.72. The van der Waals surface area contributed by atoms with Gasteiger partial charge in [0.05, 0.1) is 22.1 Å². The summed E-state index contributed by atoms with van der Waals surface area (Å²) in [5.41, 5.74) is 9.66. The van der Waals surface area contributed by atoms with Crippen molar-refractivity contribution in [1.82, 2.24) is 15.2 Å². The summed E-state index contributed by atoms with van der Waals surface area (Å²) in [4.78, 5) is 8.16. The molecule has 1 aliphatic rings. The first-order valence-corrected chi connectivity index (χ1v) is 12.3. The molecule has 1 atom stereocenters. The van der Waals surface area contributed by atoms with E-state index in [1.165, 1.54) is 33.7 Å². The van der Waals surface area contributed by atoms with E-state index >= 15 is 0 Å². The minimum Gasteiger partial charge on any atom is -0.383 e. The van der Waals surface area contributed by atoms with Gasteiger partial charge in [0.25, 0.3) is 0 Å². The summed E-state index contributed by atoms with van der Waals surface area (Å²) in [6, 6.07) is 7.20. The molecule has 1 aliphatic heterocycles. The summed E-state index contributed by atoms with van der Waals surface area (Å²) in [5, 5.41) is 3.66. The molecule has 1 fully saturated rings. The number of nitrogens with zero attached hydrogens (tertiary/aromatic N) is 2. The van der Waals surface area contributed by atoms with Gasteiger partial charge in [-0.05, 0) is 60.3 Å². The topological polar surface area (TPSA) is 28.2 Å². The number of likely N-dealkylation sites (tertiary alicyclic amines) is 1. The Kier molecular flexibility index (Phi) is 7.31. The van der Waals surface area contributed by atoms with Gasteiger partial charge in [0.2, 0.25) is 0 Å². The minimum absolute atomic E-state index is 0.253. The highest BCUT2D eigenvalue weighted by Gasteiger charge is 2.29. The second-order valence-electron chi connectivity index (χ2n) is 10.4. The van der Waals surface area contributed by atoms with E-state index in [-0.39, 0.29) is 5.41 Å². The number of allylic oxidation sites excluding steroid dienone is 1. The molecule has 31 heavy (non-hydrogen) atoms. The number of benzene rings is 1. The third-order valence-corrected chi connectivity index (χ3v) is 7.05. The van der Waals surface area contributed by atoms with E-state index in [0.29, 0.717) is 12.0 Å². The molecule has 0 radical (unpaired) electrons. The zero-order valence-corrected chi connectivity index (χ0v) is 21.0. The molecule has 1 N–H and O–H groups in total. The summed E-state index contributed by atoms with van der Waals surface area (Å²) in [7, 11) is 0. The Bertz CT molecular complexity index is 932. The SMILES string of the molecule is C=C(NCc1ccc(-c2scnc2C)cc1C(C)C)C1CCCN1C(=C)CC(C)(C)C. The molecule has 0 saturated carbocycles. The first-order chi connectivity index (χ1) is 14.6. The molecular weight excluding hydrogens is 398 g/mol. The van der Waals surface area contributed by atoms with Crippen molar-refractivity contribution in [2.24, 2.45) is 5.41 Å². The average molecular weight is 438 g/mol. The van der Waals surface area contributed by atoms with E-state index in [1.807, 2.05) is 5.51 Å². The van der Waals surface area contributed by atoms with Crippen molar-refractivity contribution in [2.75, 3.05) is 6.54 Å². The highest BCUT2D eigenvalue weighted by molar-refractivity contribution is 7.13. The van der Waals surface area contributed by atoms with Gasteiger partial charge in [-0.1, -0.05) is 59.9 Å². The first-order valence-electron chi connectivity index (χ1n) is 11.5. The Hall–Kier alpha value is -2.07. The number of aromatic nitrogens is 1. The lowest BCUT2D eigenvalue weighted by molar-refractivity contribution is 0.289. The molecule has 0 aliphatic carbocycles. The Morgan fingerprint density at radius 1 is 1.29 bits per heavy atom. The maximum atomic E-state index is 4.42. The number of thiazole rings is 1. The summed E-state index contributed by atoms with van der Waals surface area (Å²) in [6.07, 6.45) is 3.37. The molecule has 2 aromatic rings. The van der Waals surface area contributed by atoms with Crippen LogP contribution >= 0.6 is 11.3 Å². The lowest BCUT2D eigenvalue weighted by Crippen LogP contribution is -2.35. The Balaban J connectivity index is 1.71. The quantitative estimate of drug-likeness (QED) is 0.471. The number of hydrogen-bond acceptors (Lipinski definition) is 4. The molecule has 3 nitrogen and oxygen atoms in total. The zero-order valence-electron chi connectivity index (χ0n) is 20.2. The van der Waals surface area contributed by atoms with Crippen molar-refractivity contribution in [1.29, 1.82) is 0 Å². The second-order valence-corrected chi connectivity index (χ2v) is 11.2. The van der Waals surface area contributed by atoms with Crippen LogP contribution in [0.25, 0.3) is 10.4 Å². The fraction of sp³-hybridized carbons (Fsp3) is 0.519. The minimum atomic E-state index is 0.253. The van der Waals surface area contributed by atoms with Crippen molar-refractivity contribution in [3.63, 3.8) is 0 Å². The number of rotatable bonds is 8. The lowest BCUT2D eigenvalue weighted by Gasteiger charge is -2.33. The van der Waals surface area contributed by atoms with Crippen molar-refractivity contribution >= 4 is 11.3 Å². The van der Waals surface area contributed by atoms with E-state index < -0.39 is 0 Å². The van der Waals surface area contributed by atoms with E-state index in [4.69, 9.17) is 0 Å². The normalized spacial score (nSPS) is 16.7. The number of nitrogens with one attached hydrogen (secondary N) is 1. The third-order valence-electron chi connectivity index (χ3n) is 6.08. The largest absolute Gasteiger partial charge is 0.383 e. The first kappa shape index (κ1) is 23.6. The second kappa shape index (κ2) is 9.60. The van der Waals surface area contributed by atoms with Crippen molar-refractivity contribution < 1.29 is 0 Å². The van der Waals surface area contributed by atoms with Crippen LogP contribution in [0.1, 0.15) is 76.6 Å². The molecule has 0 bridgehead atoms. The summed E-state index contributed by atoms with van der Waals surface area (Å²) < 4.78 is 0. The van der Waals surface area contributed by atoms with Gasteiger partial charge in [-0.3, -0.25) is 0 Å². The molecule has 1 aromatic heterocycles. The summed E-state index contributed by atoms with van der Waals surface area (Å²) in [5.74, 6) is 0.466. The van der Waals surface area contributed by atoms with Crippen LogP contribution in [0.4, 0.5) is 0 Å². The Morgan fingerprint density at radius 3 is 2.65 bits per heavy atom. The summed E-state index contributed by atoms with van der Waals surface area (Å²) in [6.45, 7) is 24.2. The van der Waals surface area contributed by atoms with Crippen LogP contribution in [0.3, 0.4) is 0 Å². The van der Waals surface area contributed by atoms with Crippen molar-refractivity contribution in [2.45, 2.75) is 79.3 Å². The average Bonchev–Trinajstić information content (AvgIpc) is 3.33. The van der Waals surface area contributed by atoms with E-state index in [0.717, 1.165) is 37.3 Å². The maximum Gasteiger partial charge on any atom is 0.0801 e. The number of hydrogen-bond donors (Lipinski definition) is 1. The van der Waals surface area contributed by atoms with Gasteiger partial charge in [-0.15, -0.1) is 11.3 Å². The van der Waals surface area contributed by atoms with Crippen molar-refractivity contribution in [3.8, 4) is 10.4 Å². The van der Waals surface area contributed by atoms with Gasteiger partial charge in [-0.25, -0.2) is 4.98 Å². The molecule has 168 valence electrons. The molecule has 1 aromatic carbocycles. The Morgan fingerprint density at radius 2 is 2.03 bits per heavy atom. The highest BCUT2D eigenvalue weighted by Crippen LogP contribution is 2.33. The van der Waals surface area contributed by atoms with Gasteiger partial charge in [0, 0.05) is 24.5 Å². The molecule has 0 spiro atoms. The smallest absolute Gasteiger partial charge is 0.0801 e. The van der Waals surface area contributed by atoms with Crippen LogP contribution < -0.4 is 5.32 Å². The Labute approximate surface area is 193 Å². The standard InChI is InChI=1S/C27H39N3S/c1-18(2)24-14-22(26-21(5)29-17-31-26)11-12-23(24)16-28-20(4)25-10-9-13-30(25)19(3)15-27(6,7)8/h11-12,14,17-18,25,28H,3-4,9-10,13,15-16H2,1-2,5-8H3. The third kappa shape index (κ3) is 5.79. The predicted molar refractivity (Wildman–Crippen MR) is 135 cm³/mol. The zero-order chi connectivity index (χ0) is 22.8. The molecule has 1 saturated heterocycles. The van der Waals surface area contributed by atoms with Gasteiger partial charge in [0.15, 0.2) is 0 Å². The van der Waals surface area contributed by atoms with E-state index in [9.17, 15) is 0 Å². The van der Waals surface area contributed by atoms with Gasteiger partial charge in [0.1, 0.15) is 0 Å². The molecule has 1 unspecified atom stereocenters. The number of aryl methyl sites for hydroxylation is 1. The van der Waals surface area contributed by atoms with Gasteiger partial charge < -0.3 is 10.2 Å². The molecular formula is C27H39N3S. The highest BCUT2D eigenvalue weighted by atomic mass is 32.1. The fourth-order valence-corrected chi connectivity index (χ4v) is 5.36. The van der Waals surface area contributed by atoms with Crippen molar-refractivity contribution in [3.05, 3.63) is 65.1 Å². The van der Waals surface area contributed by atoms with E-state index in [1.54, 1.807) is 11.3 Å². The predicted octanol–water partition coefficient (Wildman–Crippen LogP) is 7.26. The van der Waals surface area contributed by atoms with Gasteiger partial charge in [-0.2, -0.15) is 0 Å². The molecule has 3 rings (SSSR count). The van der Waals surface area contributed by atoms with Crippen LogP contribution in [0.5, 0.6) is 0 Å². The van der Waals surface area contributed by atoms with Crippen LogP contribution in [-0.4, -0.2) is 22.5 Å². The lowest BCUT2D eigenvalue weighted by atomic mass is 9.90. The fourth-order valence-electron chi connectivity index (χ4n) is 4.56.